The molecule has 0 aromatic rings. The van der Waals surface area contributed by atoms with Crippen molar-refractivity contribution in [2.24, 2.45) is 0 Å². The molecule has 0 N–H and O–H groups in total. The van der Waals surface area contributed by atoms with Crippen LogP contribution < -0.4 is 0 Å². The van der Waals surface area contributed by atoms with Crippen molar-refractivity contribution < 1.29 is 128 Å². The van der Waals surface area contributed by atoms with Gasteiger partial charge in [-0.2, -0.15) is 0 Å². The molecule has 0 aromatic carbocycles. The van der Waals surface area contributed by atoms with Crippen LogP contribution in [0.5, 0.6) is 0 Å². The maximum Gasteiger partial charge on any atom is 0.308 e. The number of rotatable bonds is 73. The number of ether oxygens (including phenoxy) is 23. The number of carbonyl (C=O) groups is 4. The molecule has 0 heterocycles. The minimum Gasteiger partial charge on any atom is -0.460 e. The highest BCUT2D eigenvalue weighted by atomic mass is 16.6. The van der Waals surface area contributed by atoms with E-state index in [4.69, 9.17) is 109 Å². The van der Waals surface area contributed by atoms with Crippen LogP contribution in [0.4, 0.5) is 0 Å². The van der Waals surface area contributed by atoms with E-state index in [0.717, 1.165) is 12.8 Å². The number of hydrogen-bond acceptors (Lipinski definition) is 29. The molecule has 99 heavy (non-hydrogen) atoms. The van der Waals surface area contributed by atoms with Crippen LogP contribution in [0, 0.1) is 0 Å². The quantitative estimate of drug-likeness (QED) is 0.0219. The first kappa shape index (κ1) is 95.8. The second-order valence-electron chi connectivity index (χ2n) is 26.3. The van der Waals surface area contributed by atoms with Crippen LogP contribution in [0.1, 0.15) is 122 Å². The zero-order valence-corrected chi connectivity index (χ0v) is 63.0. The summed E-state index contributed by atoms with van der Waals surface area (Å²) in [6.07, 6.45) is 3.62. The minimum absolute atomic E-state index is 0.189. The van der Waals surface area contributed by atoms with Gasteiger partial charge in [0.15, 0.2) is 0 Å². The summed E-state index contributed by atoms with van der Waals surface area (Å²) in [5.41, 5.74) is -2.08. The molecule has 0 atom stereocenters. The fraction of sp³-hybridized carbons (Fsp3) is 0.914. The van der Waals surface area contributed by atoms with E-state index in [9.17, 15) is 19.2 Å². The molecular weight excluding hydrogens is 1300 g/mol. The normalized spacial score (nSPS) is 12.4. The van der Waals surface area contributed by atoms with Gasteiger partial charge in [0.1, 0.15) is 28.5 Å². The summed E-state index contributed by atoms with van der Waals surface area (Å²) in [4.78, 5) is 51.7. The van der Waals surface area contributed by atoms with E-state index in [-0.39, 0.29) is 82.1 Å². The average Bonchev–Trinajstić information content (AvgIpc) is 1.89. The fourth-order valence-electron chi connectivity index (χ4n) is 7.85. The van der Waals surface area contributed by atoms with Crippen molar-refractivity contribution in [3.05, 3.63) is 12.7 Å². The van der Waals surface area contributed by atoms with Crippen LogP contribution >= 0.6 is 0 Å². The first-order valence-electron chi connectivity index (χ1n) is 35.3. The van der Waals surface area contributed by atoms with Crippen LogP contribution in [0.3, 0.4) is 0 Å². The Bertz CT molecular complexity index is 1740. The Morgan fingerprint density at radius 2 is 0.495 bits per heavy atom. The summed E-state index contributed by atoms with van der Waals surface area (Å²) in [6.45, 7) is 42.7. The molecule has 0 unspecified atom stereocenters. The van der Waals surface area contributed by atoms with Crippen molar-refractivity contribution in [2.75, 3.05) is 271 Å². The van der Waals surface area contributed by atoms with E-state index in [1.54, 1.807) is 6.08 Å². The van der Waals surface area contributed by atoms with Gasteiger partial charge in [0.05, 0.1) is 257 Å². The van der Waals surface area contributed by atoms with Gasteiger partial charge >= 0.3 is 23.9 Å². The molecule has 0 aliphatic rings. The standard InChI is InChI=1S/C70H134N2O27/c1-14-25-95-62(58-91-26-15-21-71(60-93-56-54-89-52-50-85-42-36-79-30-19-65(75)98-69(8,9)10)23-32-81-38-44-87-48-46-83-40-34-77-28-17-63(73)96-67(2,3)4)59-92-27-16-22-72(61-94-57-55-90-53-51-86-43-37-80-31-20-66(76)99-70(11,12)13)24-33-82-39-45-88-49-47-84-41-35-78-29-18-64(74)97-68(5,6)7/h14,62H,1,15-61H2,2-13H3. The summed E-state index contributed by atoms with van der Waals surface area (Å²) in [6, 6.07) is 0. The number of nitrogens with zero attached hydrogens (tertiary/aromatic N) is 2. The lowest BCUT2D eigenvalue weighted by Gasteiger charge is -2.23. The molecule has 0 rings (SSSR count). The third-order valence-corrected chi connectivity index (χ3v) is 12.2. The van der Waals surface area contributed by atoms with Crippen molar-refractivity contribution in [1.29, 1.82) is 0 Å². The molecule has 0 radical (unpaired) electrons. The van der Waals surface area contributed by atoms with Crippen LogP contribution in [0.15, 0.2) is 12.7 Å². The number of esters is 4. The second-order valence-corrected chi connectivity index (χ2v) is 26.3. The van der Waals surface area contributed by atoms with Gasteiger partial charge in [-0.05, 0) is 95.9 Å². The van der Waals surface area contributed by atoms with E-state index in [1.807, 2.05) is 83.1 Å². The number of hydrogen-bond donors (Lipinski definition) is 0. The van der Waals surface area contributed by atoms with Crippen LogP contribution in [-0.4, -0.2) is 333 Å². The lowest BCUT2D eigenvalue weighted by atomic mass is 10.2. The van der Waals surface area contributed by atoms with Gasteiger partial charge in [-0.1, -0.05) is 6.08 Å². The molecule has 586 valence electrons. The van der Waals surface area contributed by atoms with Gasteiger partial charge in [0.2, 0.25) is 0 Å². The van der Waals surface area contributed by atoms with E-state index >= 15 is 0 Å². The molecule has 0 saturated carbocycles. The minimum atomic E-state index is -0.522. The predicted molar refractivity (Wildman–Crippen MR) is 369 cm³/mol. The Hall–Kier alpha value is -3.22. The van der Waals surface area contributed by atoms with Crippen molar-refractivity contribution in [2.45, 2.75) is 150 Å². The van der Waals surface area contributed by atoms with E-state index in [0.29, 0.717) is 244 Å². The van der Waals surface area contributed by atoms with Gasteiger partial charge in [-0.15, -0.1) is 6.58 Å². The molecule has 0 fully saturated rings. The molecule has 0 aliphatic heterocycles. The van der Waals surface area contributed by atoms with Crippen LogP contribution in [0.2, 0.25) is 0 Å². The molecule has 29 heteroatoms. The van der Waals surface area contributed by atoms with Gasteiger partial charge in [-0.3, -0.25) is 29.0 Å². The van der Waals surface area contributed by atoms with Gasteiger partial charge in [0, 0.05) is 39.4 Å². The molecule has 0 aromatic heterocycles. The summed E-state index contributed by atoms with van der Waals surface area (Å²) >= 11 is 0. The largest absolute Gasteiger partial charge is 0.460 e. The molecule has 0 saturated heterocycles. The van der Waals surface area contributed by atoms with Gasteiger partial charge in [-0.25, -0.2) is 0 Å². The first-order valence-corrected chi connectivity index (χ1v) is 35.3. The SMILES string of the molecule is C=CCOC(COCCCN(CCOCCOCCOCCOCCC(=O)OC(C)(C)C)COCCOCCOCCOCCC(=O)OC(C)(C)C)COCCCN(CCOCCOCCOCCOCCC(=O)OC(C)(C)C)COCCOCCOCCOCCC(=O)OC(C)(C)C. The monoisotopic (exact) mass is 1430 g/mol. The molecule has 0 amide bonds. The molecule has 29 nitrogen and oxygen atoms in total. The third-order valence-electron chi connectivity index (χ3n) is 12.2. The van der Waals surface area contributed by atoms with E-state index < -0.39 is 22.4 Å². The van der Waals surface area contributed by atoms with E-state index in [2.05, 4.69) is 16.4 Å². The summed E-state index contributed by atoms with van der Waals surface area (Å²) in [5, 5.41) is 0. The van der Waals surface area contributed by atoms with Gasteiger partial charge in [0.25, 0.3) is 0 Å². The van der Waals surface area contributed by atoms with Crippen LogP contribution in [-0.2, 0) is 128 Å². The maximum absolute atomic E-state index is 11.8. The lowest BCUT2D eigenvalue weighted by molar-refractivity contribution is -0.157. The Labute approximate surface area is 593 Å². The maximum atomic E-state index is 11.8. The van der Waals surface area contributed by atoms with Crippen LogP contribution in [0.25, 0.3) is 0 Å². The van der Waals surface area contributed by atoms with Crippen molar-refractivity contribution >= 4 is 23.9 Å². The average molecular weight is 1440 g/mol. The third kappa shape index (κ3) is 77.2. The lowest BCUT2D eigenvalue weighted by Crippen LogP contribution is -2.33. The Morgan fingerprint density at radius 1 is 0.283 bits per heavy atom. The fourth-order valence-corrected chi connectivity index (χ4v) is 7.85. The molecule has 0 aliphatic carbocycles. The highest BCUT2D eigenvalue weighted by molar-refractivity contribution is 5.71. The highest BCUT2D eigenvalue weighted by Gasteiger charge is 2.20. The van der Waals surface area contributed by atoms with Crippen molar-refractivity contribution in [3.8, 4) is 0 Å². The Kier molecular flexibility index (Phi) is 63.4. The predicted octanol–water partition coefficient (Wildman–Crippen LogP) is 6.08. The Balaban J connectivity index is 4.98. The smallest absolute Gasteiger partial charge is 0.308 e. The first-order chi connectivity index (χ1) is 47.4. The highest BCUT2D eigenvalue weighted by Crippen LogP contribution is 2.12. The zero-order valence-electron chi connectivity index (χ0n) is 63.0. The topological polar surface area (TPSA) is 287 Å². The summed E-state index contributed by atoms with van der Waals surface area (Å²) < 4.78 is 130. The zero-order chi connectivity index (χ0) is 73.2. The molecule has 0 bridgehead atoms. The van der Waals surface area contributed by atoms with Crippen molar-refractivity contribution in [3.63, 3.8) is 0 Å². The molecular formula is C70H134N2O27. The van der Waals surface area contributed by atoms with E-state index in [1.165, 1.54) is 0 Å². The van der Waals surface area contributed by atoms with Crippen molar-refractivity contribution in [1.82, 2.24) is 9.80 Å². The summed E-state index contributed by atoms with van der Waals surface area (Å²) in [7, 11) is 0. The molecule has 0 spiro atoms. The number of carbonyl (C=O) groups excluding carboxylic acids is 4. The van der Waals surface area contributed by atoms with Gasteiger partial charge < -0.3 is 109 Å². The Morgan fingerprint density at radius 3 is 0.717 bits per heavy atom. The second kappa shape index (κ2) is 65.5. The summed E-state index contributed by atoms with van der Waals surface area (Å²) in [5.74, 6) is -1.17.